The fourth-order valence-corrected chi connectivity index (χ4v) is 6.17. The van der Waals surface area contributed by atoms with Crippen molar-refractivity contribution in [3.8, 4) is 0 Å². The van der Waals surface area contributed by atoms with Gasteiger partial charge in [0.1, 0.15) is 28.2 Å². The Morgan fingerprint density at radius 2 is 1.83 bits per heavy atom. The zero-order valence-corrected chi connectivity index (χ0v) is 27.1. The lowest BCUT2D eigenvalue weighted by Crippen LogP contribution is -2.40. The van der Waals surface area contributed by atoms with Crippen LogP contribution in [0.5, 0.6) is 0 Å². The number of nitrogens with one attached hydrogen (secondary N) is 4. The summed E-state index contributed by atoms with van der Waals surface area (Å²) in [5.74, 6) is -1.31. The molecule has 2 atom stereocenters. The van der Waals surface area contributed by atoms with Crippen molar-refractivity contribution in [1.29, 1.82) is 0 Å². The molecule has 1 aliphatic heterocycles. The highest BCUT2D eigenvalue weighted by Crippen LogP contribution is 2.27. The van der Waals surface area contributed by atoms with Gasteiger partial charge < -0.3 is 30.3 Å². The van der Waals surface area contributed by atoms with Crippen molar-refractivity contribution in [3.05, 3.63) is 97.8 Å². The van der Waals surface area contributed by atoms with Crippen LogP contribution in [0.1, 0.15) is 92.5 Å². The van der Waals surface area contributed by atoms with Crippen molar-refractivity contribution in [2.24, 2.45) is 5.92 Å². The van der Waals surface area contributed by atoms with E-state index >= 15 is 0 Å². The first-order valence-electron chi connectivity index (χ1n) is 15.3. The Balaban J connectivity index is 1.46. The van der Waals surface area contributed by atoms with Crippen molar-refractivity contribution >= 4 is 35.0 Å². The van der Waals surface area contributed by atoms with E-state index in [1.807, 2.05) is 44.2 Å². The molecule has 14 nitrogen and oxygen atoms in total. The molecule has 4 N–H and O–H groups in total. The molecule has 0 spiro atoms. The monoisotopic (exact) mass is 660 g/mol. The summed E-state index contributed by atoms with van der Waals surface area (Å²) in [6.45, 7) is 5.83. The number of carbonyl (C=O) groups excluding carboxylic acids is 4. The Morgan fingerprint density at radius 3 is 2.57 bits per heavy atom. The van der Waals surface area contributed by atoms with Crippen LogP contribution in [0.2, 0.25) is 0 Å². The summed E-state index contributed by atoms with van der Waals surface area (Å²) < 4.78 is 5.97. The maximum Gasteiger partial charge on any atom is 0.274 e. The van der Waals surface area contributed by atoms with Gasteiger partial charge in [-0.05, 0) is 24.8 Å². The first-order chi connectivity index (χ1) is 22.6. The first kappa shape index (κ1) is 33.2. The number of aryl methyl sites for hydroxylation is 1. The predicted molar refractivity (Wildman–Crippen MR) is 172 cm³/mol. The van der Waals surface area contributed by atoms with Gasteiger partial charge >= 0.3 is 0 Å². The molecule has 1 aromatic carbocycles. The highest BCUT2D eigenvalue weighted by molar-refractivity contribution is 7.09. The fraction of sp³-hybridized carbons (Fsp3) is 0.375. The molecule has 0 aliphatic carbocycles. The lowest BCUT2D eigenvalue weighted by atomic mass is 10.0. The zero-order valence-electron chi connectivity index (χ0n) is 26.2. The minimum atomic E-state index is -0.674. The van der Waals surface area contributed by atoms with E-state index in [9.17, 15) is 24.0 Å². The van der Waals surface area contributed by atoms with Gasteiger partial charge in [0.2, 0.25) is 11.8 Å². The fourth-order valence-electron chi connectivity index (χ4n) is 5.15. The number of hydrogen-bond donors (Lipinski definition) is 4. The average Bonchev–Trinajstić information content (AvgIpc) is 3.69. The molecule has 4 aromatic rings. The van der Waals surface area contributed by atoms with E-state index in [0.29, 0.717) is 17.2 Å². The Kier molecular flexibility index (Phi) is 10.6. The van der Waals surface area contributed by atoms with E-state index < -0.39 is 35.4 Å². The van der Waals surface area contributed by atoms with Crippen LogP contribution in [0.25, 0.3) is 0 Å². The maximum absolute atomic E-state index is 13.5. The predicted octanol–water partition coefficient (Wildman–Crippen LogP) is 2.72. The van der Waals surface area contributed by atoms with Gasteiger partial charge in [-0.25, -0.2) is 9.97 Å². The second-order valence-corrected chi connectivity index (χ2v) is 12.4. The number of H-pyrrole nitrogens is 1. The number of aromatic nitrogens is 4. The van der Waals surface area contributed by atoms with Crippen LogP contribution in [-0.4, -0.2) is 68.1 Å². The zero-order chi connectivity index (χ0) is 33.5. The third kappa shape index (κ3) is 8.35. The molecule has 4 amide bonds. The number of amides is 4. The molecule has 246 valence electrons. The number of oxazole rings is 1. The van der Waals surface area contributed by atoms with E-state index in [2.05, 4.69) is 35.9 Å². The average molecular weight is 661 g/mol. The van der Waals surface area contributed by atoms with Gasteiger partial charge in [0.25, 0.3) is 23.3 Å². The van der Waals surface area contributed by atoms with Crippen LogP contribution in [0.4, 0.5) is 0 Å². The van der Waals surface area contributed by atoms with Gasteiger partial charge in [-0.15, -0.1) is 11.3 Å². The van der Waals surface area contributed by atoms with Gasteiger partial charge in [0.15, 0.2) is 5.69 Å². The van der Waals surface area contributed by atoms with Crippen molar-refractivity contribution in [2.45, 2.75) is 52.1 Å². The molecular weight excluding hydrogens is 624 g/mol. The number of fused-ring (bicyclic) bond motifs is 4. The van der Waals surface area contributed by atoms with Crippen LogP contribution in [0, 0.1) is 12.8 Å². The summed E-state index contributed by atoms with van der Waals surface area (Å²) >= 11 is 1.25. The Bertz CT molecular complexity index is 1800. The molecule has 4 heterocycles. The molecule has 0 unspecified atom stereocenters. The molecule has 0 saturated carbocycles. The quantitative estimate of drug-likeness (QED) is 0.255. The number of carbonyl (C=O) groups is 4. The third-order valence-corrected chi connectivity index (χ3v) is 8.52. The van der Waals surface area contributed by atoms with E-state index in [1.165, 1.54) is 22.4 Å². The largest absolute Gasteiger partial charge is 0.443 e. The van der Waals surface area contributed by atoms with Gasteiger partial charge in [-0.1, -0.05) is 44.2 Å². The van der Waals surface area contributed by atoms with Crippen LogP contribution in [0.15, 0.2) is 57.3 Å². The lowest BCUT2D eigenvalue weighted by molar-refractivity contribution is -0.122. The number of aromatic amines is 1. The molecule has 47 heavy (non-hydrogen) atoms. The van der Waals surface area contributed by atoms with Crippen LogP contribution in [-0.2, 0) is 11.2 Å². The Labute approximate surface area is 274 Å². The lowest BCUT2D eigenvalue weighted by Gasteiger charge is -2.23. The van der Waals surface area contributed by atoms with E-state index in [-0.39, 0.29) is 67.3 Å². The summed E-state index contributed by atoms with van der Waals surface area (Å²) in [5, 5.41) is 10.9. The summed E-state index contributed by atoms with van der Waals surface area (Å²) in [7, 11) is 0. The summed E-state index contributed by atoms with van der Waals surface area (Å²) in [4.78, 5) is 81.7. The molecule has 5 rings (SSSR count). The number of benzene rings is 1. The molecule has 1 aliphatic rings. The third-order valence-electron chi connectivity index (χ3n) is 7.59. The van der Waals surface area contributed by atoms with Crippen LogP contribution >= 0.6 is 11.3 Å². The molecular formula is C32H36N8O6S. The second-order valence-electron chi connectivity index (χ2n) is 11.5. The topological polar surface area (TPSA) is 192 Å². The molecule has 0 saturated heterocycles. The highest BCUT2D eigenvalue weighted by atomic mass is 32.1. The van der Waals surface area contributed by atoms with Crippen LogP contribution in [0.3, 0.4) is 0 Å². The minimum absolute atomic E-state index is 0.00774. The molecule has 4 bridgehead atoms. The van der Waals surface area contributed by atoms with Gasteiger partial charge in [0.05, 0.1) is 18.4 Å². The number of thiazole rings is 1. The second kappa shape index (κ2) is 14.9. The normalized spacial score (nSPS) is 18.3. The first-order valence-corrected chi connectivity index (χ1v) is 16.2. The smallest absolute Gasteiger partial charge is 0.274 e. The molecule has 3 aromatic heterocycles. The van der Waals surface area contributed by atoms with Crippen molar-refractivity contribution in [1.82, 2.24) is 40.8 Å². The summed E-state index contributed by atoms with van der Waals surface area (Å²) in [6.07, 6.45) is 3.01. The van der Waals surface area contributed by atoms with E-state index in [4.69, 9.17) is 4.42 Å². The number of rotatable bonds is 4. The number of hydrogen-bond acceptors (Lipinski definition) is 10. The van der Waals surface area contributed by atoms with Gasteiger partial charge in [0, 0.05) is 37.9 Å². The number of nitrogens with zero attached hydrogens (tertiary/aromatic N) is 4. The molecule has 0 radical (unpaired) electrons. The molecule has 0 fully saturated rings. The standard InChI is InChI=1S/C32H36N8O6S/c1-18(2)26-31-37-23(17-47-31)28(43)34-11-13-40(32(45)22-15-33-16-25(42)36-22)12-7-10-24(41)35-21(14-20-8-5-4-6-9-20)30-39-27(19(3)46-30)29(44)38-26/h4-6,8-9,15-18,21,26H,7,10-14H2,1-3H3,(H,34,43)(H,35,41)(H,36,42)(H,38,44)/t21-,26-/m0/s1. The summed E-state index contributed by atoms with van der Waals surface area (Å²) in [6, 6.07) is 8.33. The van der Waals surface area contributed by atoms with Crippen molar-refractivity contribution < 1.29 is 23.6 Å². The minimum Gasteiger partial charge on any atom is -0.443 e. The van der Waals surface area contributed by atoms with Gasteiger partial charge in [-0.2, -0.15) is 0 Å². The van der Waals surface area contributed by atoms with E-state index in [1.54, 1.807) is 12.3 Å². The van der Waals surface area contributed by atoms with Gasteiger partial charge in [-0.3, -0.25) is 29.0 Å². The maximum atomic E-state index is 13.5. The van der Waals surface area contributed by atoms with Crippen molar-refractivity contribution in [2.75, 3.05) is 19.6 Å². The van der Waals surface area contributed by atoms with Crippen LogP contribution < -0.4 is 21.5 Å². The van der Waals surface area contributed by atoms with Crippen molar-refractivity contribution in [3.63, 3.8) is 0 Å². The van der Waals surface area contributed by atoms with E-state index in [0.717, 1.165) is 11.8 Å². The SMILES string of the molecule is Cc1oc2nc1C(=O)N[C@@H](C(C)C)c1nc(cs1)C(=O)NCCN(C(=O)c1cncc(=O)[nH]1)CCCC(=O)N[C@H]2Cc1ccccc1. The molecule has 15 heteroatoms. The highest BCUT2D eigenvalue weighted by Gasteiger charge is 2.29. The summed E-state index contributed by atoms with van der Waals surface area (Å²) in [5.41, 5.74) is 0.657. The Morgan fingerprint density at radius 1 is 1.04 bits per heavy atom. The Hall–Kier alpha value is -5.18.